The van der Waals surface area contributed by atoms with Gasteiger partial charge < -0.3 is 10.2 Å². The van der Waals surface area contributed by atoms with Gasteiger partial charge in [-0.1, -0.05) is 17.7 Å². The van der Waals surface area contributed by atoms with Crippen LogP contribution in [0.15, 0.2) is 12.1 Å². The van der Waals surface area contributed by atoms with Crippen molar-refractivity contribution in [2.24, 2.45) is 5.92 Å². The summed E-state index contributed by atoms with van der Waals surface area (Å²) >= 11 is 6.21. The van der Waals surface area contributed by atoms with Crippen LogP contribution in [-0.2, 0) is 9.59 Å². The molecular formula is C16H21ClN2O2. The summed E-state index contributed by atoms with van der Waals surface area (Å²) in [4.78, 5) is 25.4. The van der Waals surface area contributed by atoms with E-state index in [1.807, 2.05) is 26.0 Å². The Labute approximate surface area is 130 Å². The fraction of sp³-hybridized carbons (Fsp3) is 0.500. The van der Waals surface area contributed by atoms with Gasteiger partial charge in [0.1, 0.15) is 0 Å². The van der Waals surface area contributed by atoms with Gasteiger partial charge in [0.15, 0.2) is 0 Å². The summed E-state index contributed by atoms with van der Waals surface area (Å²) in [5.74, 6) is 0.00991. The lowest BCUT2D eigenvalue weighted by atomic mass is 9.95. The van der Waals surface area contributed by atoms with Gasteiger partial charge >= 0.3 is 0 Å². The predicted molar refractivity (Wildman–Crippen MR) is 84.5 cm³/mol. The summed E-state index contributed by atoms with van der Waals surface area (Å²) in [5.41, 5.74) is 2.74. The van der Waals surface area contributed by atoms with E-state index in [1.165, 1.54) is 0 Å². The highest BCUT2D eigenvalue weighted by Crippen LogP contribution is 2.29. The molecule has 0 saturated carbocycles. The van der Waals surface area contributed by atoms with Crippen molar-refractivity contribution in [2.75, 3.05) is 18.4 Å². The molecule has 2 rings (SSSR count). The second-order valence-electron chi connectivity index (χ2n) is 5.71. The SMILES string of the molecule is CC(=O)N1CCC(C(=O)Nc2c(C)cc(C)cc2Cl)CC1. The van der Waals surface area contributed by atoms with E-state index in [0.717, 1.165) is 11.1 Å². The number of carbonyl (C=O) groups excluding carboxylic acids is 2. The van der Waals surface area contributed by atoms with Crippen molar-refractivity contribution in [3.63, 3.8) is 0 Å². The first-order valence-electron chi connectivity index (χ1n) is 7.21. The molecule has 4 nitrogen and oxygen atoms in total. The highest BCUT2D eigenvalue weighted by Gasteiger charge is 2.26. The Balaban J connectivity index is 2.01. The Morgan fingerprint density at radius 3 is 2.38 bits per heavy atom. The van der Waals surface area contributed by atoms with E-state index in [-0.39, 0.29) is 17.7 Å². The van der Waals surface area contributed by atoms with Gasteiger partial charge in [-0.25, -0.2) is 0 Å². The van der Waals surface area contributed by atoms with Gasteiger partial charge in [0, 0.05) is 25.9 Å². The largest absolute Gasteiger partial charge is 0.343 e. The number of benzene rings is 1. The molecular weight excluding hydrogens is 288 g/mol. The molecule has 1 aromatic carbocycles. The van der Waals surface area contributed by atoms with Crippen LogP contribution >= 0.6 is 11.6 Å². The van der Waals surface area contributed by atoms with Gasteiger partial charge in [0.25, 0.3) is 0 Å². The molecule has 0 aromatic heterocycles. The number of likely N-dealkylation sites (tertiary alicyclic amines) is 1. The van der Waals surface area contributed by atoms with Crippen LogP contribution in [0.5, 0.6) is 0 Å². The number of piperidine rings is 1. The number of anilines is 1. The maximum absolute atomic E-state index is 12.4. The molecule has 1 fully saturated rings. The van der Waals surface area contributed by atoms with Crippen molar-refractivity contribution in [3.05, 3.63) is 28.3 Å². The van der Waals surface area contributed by atoms with Gasteiger partial charge in [-0.15, -0.1) is 0 Å². The zero-order chi connectivity index (χ0) is 15.6. The fourth-order valence-electron chi connectivity index (χ4n) is 2.76. The first kappa shape index (κ1) is 15.8. The summed E-state index contributed by atoms with van der Waals surface area (Å²) < 4.78 is 0. The van der Waals surface area contributed by atoms with Crippen molar-refractivity contribution in [3.8, 4) is 0 Å². The second kappa shape index (κ2) is 6.48. The van der Waals surface area contributed by atoms with Crippen molar-refractivity contribution in [1.29, 1.82) is 0 Å². The third-order valence-corrected chi connectivity index (χ3v) is 4.29. The molecule has 1 saturated heterocycles. The minimum absolute atomic E-state index is 0.00736. The average molecular weight is 309 g/mol. The van der Waals surface area contributed by atoms with Gasteiger partial charge in [-0.05, 0) is 43.9 Å². The molecule has 0 bridgehead atoms. The minimum atomic E-state index is -0.0580. The van der Waals surface area contributed by atoms with Crippen LogP contribution in [0.25, 0.3) is 0 Å². The zero-order valence-electron chi connectivity index (χ0n) is 12.7. The molecule has 1 N–H and O–H groups in total. The number of hydrogen-bond acceptors (Lipinski definition) is 2. The maximum Gasteiger partial charge on any atom is 0.227 e. The van der Waals surface area contributed by atoms with Crippen molar-refractivity contribution in [2.45, 2.75) is 33.6 Å². The van der Waals surface area contributed by atoms with E-state index in [2.05, 4.69) is 5.32 Å². The van der Waals surface area contributed by atoms with Crippen molar-refractivity contribution < 1.29 is 9.59 Å². The summed E-state index contributed by atoms with van der Waals surface area (Å²) in [7, 11) is 0. The third-order valence-electron chi connectivity index (χ3n) is 3.99. The summed E-state index contributed by atoms with van der Waals surface area (Å²) in [6.07, 6.45) is 1.40. The van der Waals surface area contributed by atoms with Gasteiger partial charge in [-0.3, -0.25) is 9.59 Å². The monoisotopic (exact) mass is 308 g/mol. The normalized spacial score (nSPS) is 15.9. The lowest BCUT2D eigenvalue weighted by molar-refractivity contribution is -0.132. The molecule has 1 aliphatic heterocycles. The topological polar surface area (TPSA) is 49.4 Å². The van der Waals surface area contributed by atoms with Crippen LogP contribution in [0.3, 0.4) is 0 Å². The molecule has 1 aromatic rings. The maximum atomic E-state index is 12.4. The van der Waals surface area contributed by atoms with Crippen LogP contribution in [0.4, 0.5) is 5.69 Å². The summed E-state index contributed by atoms with van der Waals surface area (Å²) in [6.45, 7) is 6.77. The molecule has 5 heteroatoms. The first-order valence-corrected chi connectivity index (χ1v) is 7.59. The van der Waals surface area contributed by atoms with Crippen LogP contribution in [0.2, 0.25) is 5.02 Å². The number of nitrogens with one attached hydrogen (secondary N) is 1. The molecule has 0 aliphatic carbocycles. The lowest BCUT2D eigenvalue weighted by Gasteiger charge is -2.30. The van der Waals surface area contributed by atoms with E-state index in [9.17, 15) is 9.59 Å². The Hall–Kier alpha value is -1.55. The van der Waals surface area contributed by atoms with Gasteiger partial charge in [0.05, 0.1) is 10.7 Å². The zero-order valence-corrected chi connectivity index (χ0v) is 13.5. The van der Waals surface area contributed by atoms with E-state index in [4.69, 9.17) is 11.6 Å². The minimum Gasteiger partial charge on any atom is -0.343 e. The summed E-state index contributed by atoms with van der Waals surface area (Å²) in [6, 6.07) is 3.85. The molecule has 2 amide bonds. The van der Waals surface area contributed by atoms with Gasteiger partial charge in [-0.2, -0.15) is 0 Å². The average Bonchev–Trinajstić information content (AvgIpc) is 2.42. The Morgan fingerprint density at radius 2 is 1.86 bits per heavy atom. The predicted octanol–water partition coefficient (Wildman–Crippen LogP) is 3.15. The molecule has 1 heterocycles. The van der Waals surface area contributed by atoms with Gasteiger partial charge in [0.2, 0.25) is 11.8 Å². The number of hydrogen-bond donors (Lipinski definition) is 1. The highest BCUT2D eigenvalue weighted by atomic mass is 35.5. The number of halogens is 1. The number of nitrogens with zero attached hydrogens (tertiary/aromatic N) is 1. The van der Waals surface area contributed by atoms with E-state index in [0.29, 0.717) is 36.6 Å². The van der Waals surface area contributed by atoms with E-state index in [1.54, 1.807) is 11.8 Å². The molecule has 0 radical (unpaired) electrons. The van der Waals surface area contributed by atoms with Crippen LogP contribution < -0.4 is 5.32 Å². The molecule has 0 unspecified atom stereocenters. The quantitative estimate of drug-likeness (QED) is 0.912. The standard InChI is InChI=1S/C16H21ClN2O2/c1-10-8-11(2)15(14(17)9-10)18-16(21)13-4-6-19(7-5-13)12(3)20/h8-9,13H,4-7H2,1-3H3,(H,18,21). The Bertz CT molecular complexity index is 540. The van der Waals surface area contributed by atoms with E-state index >= 15 is 0 Å². The van der Waals surface area contributed by atoms with Crippen LogP contribution in [0.1, 0.15) is 30.9 Å². The lowest BCUT2D eigenvalue weighted by Crippen LogP contribution is -2.40. The van der Waals surface area contributed by atoms with Crippen LogP contribution in [-0.4, -0.2) is 29.8 Å². The van der Waals surface area contributed by atoms with E-state index < -0.39 is 0 Å². The van der Waals surface area contributed by atoms with Crippen molar-refractivity contribution in [1.82, 2.24) is 4.90 Å². The Morgan fingerprint density at radius 1 is 1.24 bits per heavy atom. The molecule has 21 heavy (non-hydrogen) atoms. The molecule has 1 aliphatic rings. The highest BCUT2D eigenvalue weighted by molar-refractivity contribution is 6.34. The van der Waals surface area contributed by atoms with Crippen molar-refractivity contribution >= 4 is 29.1 Å². The summed E-state index contributed by atoms with van der Waals surface area (Å²) in [5, 5.41) is 3.52. The second-order valence-corrected chi connectivity index (χ2v) is 6.12. The molecule has 0 atom stereocenters. The smallest absolute Gasteiger partial charge is 0.227 e. The number of amides is 2. The molecule has 114 valence electrons. The number of aryl methyl sites for hydroxylation is 2. The first-order chi connectivity index (χ1) is 9.88. The Kier molecular flexibility index (Phi) is 4.88. The van der Waals surface area contributed by atoms with Crippen LogP contribution in [0, 0.1) is 19.8 Å². The molecule has 0 spiro atoms. The number of rotatable bonds is 2. The fourth-order valence-corrected chi connectivity index (χ4v) is 3.12. The number of carbonyl (C=O) groups is 2. The third kappa shape index (κ3) is 3.76.